The monoisotopic (exact) mass is 350 g/mol. The van der Waals surface area contributed by atoms with Crippen molar-refractivity contribution in [2.24, 2.45) is 0 Å². The van der Waals surface area contributed by atoms with Gasteiger partial charge in [-0.05, 0) is 25.1 Å². The van der Waals surface area contributed by atoms with Crippen molar-refractivity contribution in [1.82, 2.24) is 4.98 Å². The predicted molar refractivity (Wildman–Crippen MR) is 73.3 cm³/mol. The Kier molecular flexibility index (Phi) is 4.15. The number of anilines is 1. The molecule has 0 saturated carbocycles. The molecule has 1 N–H and O–H groups in total. The molecule has 0 aliphatic carbocycles. The summed E-state index contributed by atoms with van der Waals surface area (Å²) in [6.07, 6.45) is -4.37. The summed E-state index contributed by atoms with van der Waals surface area (Å²) in [6.45, 7) is 2.16. The van der Waals surface area contributed by atoms with Gasteiger partial charge in [-0.2, -0.15) is 13.2 Å². The summed E-state index contributed by atoms with van der Waals surface area (Å²) in [5.74, 6) is 0. The van der Waals surface area contributed by atoms with E-state index >= 15 is 0 Å². The number of alkyl halides is 3. The van der Waals surface area contributed by atoms with Gasteiger partial charge in [0.2, 0.25) is 0 Å². The Morgan fingerprint density at radius 3 is 2.68 bits per heavy atom. The zero-order chi connectivity index (χ0) is 14.0. The largest absolute Gasteiger partial charge is 0.418 e. The molecule has 2 nitrogen and oxygen atoms in total. The molecule has 0 spiro atoms. The molecule has 0 aliphatic rings. The number of aryl methyl sites for hydroxylation is 1. The van der Waals surface area contributed by atoms with Crippen LogP contribution in [0.2, 0.25) is 0 Å². The van der Waals surface area contributed by atoms with Gasteiger partial charge >= 0.3 is 6.18 Å². The van der Waals surface area contributed by atoms with E-state index in [0.717, 1.165) is 16.6 Å². The number of thiazole rings is 1. The van der Waals surface area contributed by atoms with E-state index in [0.29, 0.717) is 11.0 Å². The van der Waals surface area contributed by atoms with Crippen molar-refractivity contribution in [3.05, 3.63) is 44.3 Å². The third-order valence-corrected chi connectivity index (χ3v) is 4.00. The van der Waals surface area contributed by atoms with E-state index in [9.17, 15) is 13.2 Å². The summed E-state index contributed by atoms with van der Waals surface area (Å²) < 4.78 is 39.2. The van der Waals surface area contributed by atoms with Crippen molar-refractivity contribution in [2.45, 2.75) is 19.6 Å². The first kappa shape index (κ1) is 14.3. The van der Waals surface area contributed by atoms with Crippen molar-refractivity contribution in [3.8, 4) is 0 Å². The first-order chi connectivity index (χ1) is 8.88. The molecule has 0 fully saturated rings. The first-order valence-corrected chi connectivity index (χ1v) is 7.05. The van der Waals surface area contributed by atoms with Gasteiger partial charge in [0.15, 0.2) is 0 Å². The van der Waals surface area contributed by atoms with Gasteiger partial charge in [0, 0.05) is 15.0 Å². The Bertz CT molecular complexity index is 581. The lowest BCUT2D eigenvalue weighted by Crippen LogP contribution is -2.10. The number of hydrogen-bond acceptors (Lipinski definition) is 3. The third-order valence-electron chi connectivity index (χ3n) is 2.57. The summed E-state index contributed by atoms with van der Waals surface area (Å²) in [5.41, 5.74) is 1.91. The molecule has 0 aliphatic heterocycles. The van der Waals surface area contributed by atoms with Crippen molar-refractivity contribution in [1.29, 1.82) is 0 Å². The van der Waals surface area contributed by atoms with Gasteiger partial charge in [-0.1, -0.05) is 15.9 Å². The maximum atomic E-state index is 12.9. The lowest BCUT2D eigenvalue weighted by molar-refractivity contribution is -0.137. The van der Waals surface area contributed by atoms with E-state index in [1.165, 1.54) is 23.5 Å². The Labute approximate surface area is 120 Å². The van der Waals surface area contributed by atoms with E-state index in [2.05, 4.69) is 26.2 Å². The molecule has 1 heterocycles. The van der Waals surface area contributed by atoms with Crippen LogP contribution in [-0.4, -0.2) is 4.98 Å². The fourth-order valence-corrected chi connectivity index (χ4v) is 2.66. The SMILES string of the molecule is Cc1ncsc1CNc1cc(Br)ccc1C(F)(F)F. The molecule has 0 bridgehead atoms. The van der Waals surface area contributed by atoms with Crippen LogP contribution in [0.15, 0.2) is 28.2 Å². The Hall–Kier alpha value is -1.08. The molecule has 1 aromatic carbocycles. The summed E-state index contributed by atoms with van der Waals surface area (Å²) >= 11 is 4.60. The van der Waals surface area contributed by atoms with Gasteiger partial charge in [-0.25, -0.2) is 4.98 Å². The van der Waals surface area contributed by atoms with E-state index in [4.69, 9.17) is 0 Å². The lowest BCUT2D eigenvalue weighted by atomic mass is 10.1. The normalized spacial score (nSPS) is 11.6. The third kappa shape index (κ3) is 3.48. The van der Waals surface area contributed by atoms with Gasteiger partial charge in [0.05, 0.1) is 23.3 Å². The van der Waals surface area contributed by atoms with Crippen LogP contribution in [-0.2, 0) is 12.7 Å². The summed E-state index contributed by atoms with van der Waals surface area (Å²) in [4.78, 5) is 4.99. The van der Waals surface area contributed by atoms with Crippen molar-refractivity contribution in [2.75, 3.05) is 5.32 Å². The molecule has 2 rings (SSSR count). The quantitative estimate of drug-likeness (QED) is 0.856. The van der Waals surface area contributed by atoms with E-state index in [1.54, 1.807) is 5.51 Å². The van der Waals surface area contributed by atoms with Gasteiger partial charge in [-0.3, -0.25) is 0 Å². The summed E-state index contributed by atoms with van der Waals surface area (Å²) in [6, 6.07) is 3.87. The minimum absolute atomic E-state index is 0.0645. The Morgan fingerprint density at radius 1 is 1.37 bits per heavy atom. The average Bonchev–Trinajstić information content (AvgIpc) is 2.70. The highest BCUT2D eigenvalue weighted by Gasteiger charge is 2.33. The van der Waals surface area contributed by atoms with Crippen LogP contribution in [0.25, 0.3) is 0 Å². The predicted octanol–water partition coefficient (Wildman–Crippen LogP) is 4.84. The van der Waals surface area contributed by atoms with Crippen LogP contribution in [0.3, 0.4) is 0 Å². The number of nitrogens with zero attached hydrogens (tertiary/aromatic N) is 1. The standard InChI is InChI=1S/C12H10BrF3N2S/c1-7-11(19-6-18-7)5-17-10-4-8(13)2-3-9(10)12(14,15)16/h2-4,6,17H,5H2,1H3. The van der Waals surface area contributed by atoms with Crippen LogP contribution in [0.5, 0.6) is 0 Å². The van der Waals surface area contributed by atoms with Crippen LogP contribution in [0.1, 0.15) is 16.1 Å². The summed E-state index contributed by atoms with van der Waals surface area (Å²) in [5, 5.41) is 2.82. The highest BCUT2D eigenvalue weighted by molar-refractivity contribution is 9.10. The minimum atomic E-state index is -4.37. The second-order valence-electron chi connectivity index (χ2n) is 3.90. The molecule has 7 heteroatoms. The van der Waals surface area contributed by atoms with Crippen LogP contribution in [0, 0.1) is 6.92 Å². The van der Waals surface area contributed by atoms with Crippen LogP contribution >= 0.6 is 27.3 Å². The lowest BCUT2D eigenvalue weighted by Gasteiger charge is -2.14. The molecule has 0 saturated heterocycles. The highest BCUT2D eigenvalue weighted by Crippen LogP contribution is 2.36. The van der Waals surface area contributed by atoms with Crippen LogP contribution < -0.4 is 5.32 Å². The average molecular weight is 351 g/mol. The molecule has 1 aromatic heterocycles. The zero-order valence-corrected chi connectivity index (χ0v) is 12.3. The van der Waals surface area contributed by atoms with Crippen LogP contribution in [0.4, 0.5) is 18.9 Å². The van der Waals surface area contributed by atoms with Gasteiger partial charge in [0.1, 0.15) is 0 Å². The molecule has 2 aromatic rings. The molecule has 0 radical (unpaired) electrons. The Balaban J connectivity index is 2.24. The second-order valence-corrected chi connectivity index (χ2v) is 5.76. The smallest absolute Gasteiger partial charge is 0.380 e. The molecular formula is C12H10BrF3N2S. The van der Waals surface area contributed by atoms with Crippen molar-refractivity contribution >= 4 is 33.0 Å². The van der Waals surface area contributed by atoms with E-state index < -0.39 is 11.7 Å². The zero-order valence-electron chi connectivity index (χ0n) is 9.88. The topological polar surface area (TPSA) is 24.9 Å². The number of halogens is 4. The van der Waals surface area contributed by atoms with Crippen molar-refractivity contribution in [3.63, 3.8) is 0 Å². The maximum Gasteiger partial charge on any atom is 0.418 e. The molecule has 0 atom stereocenters. The van der Waals surface area contributed by atoms with E-state index in [1.807, 2.05) is 6.92 Å². The second kappa shape index (κ2) is 5.50. The minimum Gasteiger partial charge on any atom is -0.380 e. The molecule has 102 valence electrons. The molecule has 19 heavy (non-hydrogen) atoms. The number of nitrogens with one attached hydrogen (secondary N) is 1. The fourth-order valence-electron chi connectivity index (χ4n) is 1.58. The number of aromatic nitrogens is 1. The number of rotatable bonds is 3. The van der Waals surface area contributed by atoms with Crippen molar-refractivity contribution < 1.29 is 13.2 Å². The van der Waals surface area contributed by atoms with Gasteiger partial charge < -0.3 is 5.32 Å². The first-order valence-electron chi connectivity index (χ1n) is 5.37. The fraction of sp³-hybridized carbons (Fsp3) is 0.250. The highest BCUT2D eigenvalue weighted by atomic mass is 79.9. The molecule has 0 amide bonds. The maximum absolute atomic E-state index is 12.9. The molecule has 0 unspecified atom stereocenters. The summed E-state index contributed by atoms with van der Waals surface area (Å²) in [7, 11) is 0. The van der Waals surface area contributed by atoms with Gasteiger partial charge in [-0.15, -0.1) is 11.3 Å². The van der Waals surface area contributed by atoms with E-state index in [-0.39, 0.29) is 5.69 Å². The number of benzene rings is 1. The molecular weight excluding hydrogens is 341 g/mol. The van der Waals surface area contributed by atoms with Gasteiger partial charge in [0.25, 0.3) is 0 Å². The number of hydrogen-bond donors (Lipinski definition) is 1. The Morgan fingerprint density at radius 2 is 2.11 bits per heavy atom.